The molecule has 1 saturated carbocycles. The molecule has 0 spiro atoms. The number of imide groups is 1. The summed E-state index contributed by atoms with van der Waals surface area (Å²) in [5, 5.41) is 5.23. The normalized spacial score (nSPS) is 15.9. The number of aromatic nitrogens is 2. The summed E-state index contributed by atoms with van der Waals surface area (Å²) < 4.78 is 6.78. The Hall–Kier alpha value is -2.87. The summed E-state index contributed by atoms with van der Waals surface area (Å²) >= 11 is 6.10. The fourth-order valence-corrected chi connectivity index (χ4v) is 3.47. The molecule has 1 aliphatic carbocycles. The highest BCUT2D eigenvalue weighted by Crippen LogP contribution is 2.19. The highest BCUT2D eigenvalue weighted by Gasteiger charge is 2.21. The number of esters is 1. The van der Waals surface area contributed by atoms with Crippen molar-refractivity contribution in [3.63, 3.8) is 0 Å². The molecular weight excluding hydrogens is 396 g/mol. The summed E-state index contributed by atoms with van der Waals surface area (Å²) in [4.78, 5) is 40.2. The maximum Gasteiger partial charge on any atom is 0.331 e. The predicted molar refractivity (Wildman–Crippen MR) is 108 cm³/mol. The Bertz CT molecular complexity index is 934. The molecule has 0 unspecified atom stereocenters. The van der Waals surface area contributed by atoms with Gasteiger partial charge >= 0.3 is 12.0 Å². The minimum Gasteiger partial charge on any atom is -0.449 e. The van der Waals surface area contributed by atoms with Crippen LogP contribution in [0.5, 0.6) is 0 Å². The van der Waals surface area contributed by atoms with Gasteiger partial charge in [0.2, 0.25) is 0 Å². The molecule has 154 valence electrons. The molecule has 2 aromatic rings. The van der Waals surface area contributed by atoms with Crippen molar-refractivity contribution in [3.05, 3.63) is 41.3 Å². The molecule has 0 aliphatic heterocycles. The van der Waals surface area contributed by atoms with Crippen LogP contribution in [0.2, 0.25) is 5.15 Å². The number of urea groups is 1. The molecule has 0 aromatic carbocycles. The zero-order chi connectivity index (χ0) is 20.8. The van der Waals surface area contributed by atoms with E-state index < -0.39 is 24.0 Å². The van der Waals surface area contributed by atoms with Gasteiger partial charge in [-0.05, 0) is 38.0 Å². The SMILES string of the molecule is C[C@@H](OC(=O)/C=C/c1c(Cl)nc2ccccn12)C(=O)NC(=O)NC1CCCCC1. The highest BCUT2D eigenvalue weighted by molar-refractivity contribution is 6.31. The zero-order valence-corrected chi connectivity index (χ0v) is 16.8. The van der Waals surface area contributed by atoms with Gasteiger partial charge in [0.25, 0.3) is 5.91 Å². The van der Waals surface area contributed by atoms with E-state index in [-0.39, 0.29) is 11.2 Å². The molecular formula is C20H23ClN4O4. The number of nitrogens with zero attached hydrogens (tertiary/aromatic N) is 2. The molecule has 1 aliphatic rings. The number of amides is 3. The molecule has 0 saturated heterocycles. The van der Waals surface area contributed by atoms with Crippen LogP contribution < -0.4 is 10.6 Å². The van der Waals surface area contributed by atoms with Gasteiger partial charge in [-0.2, -0.15) is 0 Å². The van der Waals surface area contributed by atoms with E-state index in [1.807, 2.05) is 12.1 Å². The summed E-state index contributed by atoms with van der Waals surface area (Å²) in [5.74, 6) is -1.42. The number of pyridine rings is 1. The fraction of sp³-hybridized carbons (Fsp3) is 0.400. The van der Waals surface area contributed by atoms with E-state index in [4.69, 9.17) is 16.3 Å². The Labute approximate surface area is 173 Å². The highest BCUT2D eigenvalue weighted by atomic mass is 35.5. The van der Waals surface area contributed by atoms with Crippen molar-refractivity contribution in [1.82, 2.24) is 20.0 Å². The van der Waals surface area contributed by atoms with Crippen LogP contribution in [0, 0.1) is 0 Å². The van der Waals surface area contributed by atoms with Crippen molar-refractivity contribution in [2.24, 2.45) is 0 Å². The lowest BCUT2D eigenvalue weighted by Crippen LogP contribution is -2.48. The van der Waals surface area contributed by atoms with Gasteiger partial charge in [0, 0.05) is 18.3 Å². The maximum absolute atomic E-state index is 12.1. The molecule has 1 fully saturated rings. The van der Waals surface area contributed by atoms with Crippen LogP contribution in [0.1, 0.15) is 44.7 Å². The third-order valence-corrected chi connectivity index (χ3v) is 5.02. The molecule has 1 atom stereocenters. The second kappa shape index (κ2) is 9.56. The molecule has 3 rings (SSSR count). The van der Waals surface area contributed by atoms with Gasteiger partial charge < -0.3 is 10.1 Å². The van der Waals surface area contributed by atoms with Crippen LogP contribution in [-0.4, -0.2) is 39.4 Å². The van der Waals surface area contributed by atoms with E-state index in [1.165, 1.54) is 19.4 Å². The lowest BCUT2D eigenvalue weighted by atomic mass is 9.96. The number of hydrogen-bond acceptors (Lipinski definition) is 5. The fourth-order valence-electron chi connectivity index (χ4n) is 3.23. The Morgan fingerprint density at radius 3 is 2.79 bits per heavy atom. The van der Waals surface area contributed by atoms with Crippen LogP contribution in [0.4, 0.5) is 4.79 Å². The van der Waals surface area contributed by atoms with Gasteiger partial charge in [-0.1, -0.05) is 36.9 Å². The molecule has 29 heavy (non-hydrogen) atoms. The standard InChI is InChI=1S/C20H23ClN4O4/c1-13(19(27)24-20(28)22-14-7-3-2-4-8-14)29-17(26)11-10-15-18(21)23-16-9-5-6-12-25(15)16/h5-6,9-14H,2-4,7-8H2,1H3,(H2,22,24,27,28)/b11-10+/t13-/m1/s1. The van der Waals surface area contributed by atoms with Crippen molar-refractivity contribution in [3.8, 4) is 0 Å². The Morgan fingerprint density at radius 1 is 1.28 bits per heavy atom. The lowest BCUT2D eigenvalue weighted by molar-refractivity contribution is -0.149. The van der Waals surface area contributed by atoms with E-state index in [1.54, 1.807) is 16.7 Å². The number of fused-ring (bicyclic) bond motifs is 1. The predicted octanol–water partition coefficient (Wildman–Crippen LogP) is 3.09. The summed E-state index contributed by atoms with van der Waals surface area (Å²) in [6.45, 7) is 1.40. The van der Waals surface area contributed by atoms with E-state index in [2.05, 4.69) is 15.6 Å². The first kappa shape index (κ1) is 20.9. The summed E-state index contributed by atoms with van der Waals surface area (Å²) in [6.07, 6.45) is 8.37. The van der Waals surface area contributed by atoms with Crippen molar-refractivity contribution >= 4 is 41.2 Å². The molecule has 2 N–H and O–H groups in total. The minimum atomic E-state index is -1.12. The maximum atomic E-state index is 12.1. The molecule has 9 heteroatoms. The van der Waals surface area contributed by atoms with Crippen molar-refractivity contribution in [2.45, 2.75) is 51.2 Å². The number of carbonyl (C=O) groups is 3. The smallest absolute Gasteiger partial charge is 0.331 e. The molecule has 2 aromatic heterocycles. The third-order valence-electron chi connectivity index (χ3n) is 4.74. The number of nitrogens with one attached hydrogen (secondary N) is 2. The molecule has 2 heterocycles. The number of rotatable bonds is 5. The van der Waals surface area contributed by atoms with E-state index in [0.29, 0.717) is 11.3 Å². The number of imidazole rings is 1. The minimum absolute atomic E-state index is 0.0765. The Balaban J connectivity index is 1.51. The number of carbonyl (C=O) groups excluding carboxylic acids is 3. The van der Waals surface area contributed by atoms with Crippen molar-refractivity contribution in [1.29, 1.82) is 0 Å². The Morgan fingerprint density at radius 2 is 2.03 bits per heavy atom. The zero-order valence-electron chi connectivity index (χ0n) is 16.1. The third kappa shape index (κ3) is 5.57. The van der Waals surface area contributed by atoms with Gasteiger partial charge in [-0.3, -0.25) is 14.5 Å². The summed E-state index contributed by atoms with van der Waals surface area (Å²) in [7, 11) is 0. The second-order valence-corrected chi connectivity index (χ2v) is 7.28. The molecule has 8 nitrogen and oxygen atoms in total. The number of halogens is 1. The lowest BCUT2D eigenvalue weighted by Gasteiger charge is -2.23. The van der Waals surface area contributed by atoms with Crippen molar-refractivity contribution < 1.29 is 19.1 Å². The van der Waals surface area contributed by atoms with Gasteiger partial charge in [-0.15, -0.1) is 0 Å². The molecule has 0 radical (unpaired) electrons. The largest absolute Gasteiger partial charge is 0.449 e. The number of ether oxygens (including phenoxy) is 1. The average molecular weight is 419 g/mol. The van der Waals surface area contributed by atoms with Crippen LogP contribution in [-0.2, 0) is 14.3 Å². The van der Waals surface area contributed by atoms with E-state index in [0.717, 1.165) is 31.8 Å². The topological polar surface area (TPSA) is 102 Å². The first-order valence-corrected chi connectivity index (χ1v) is 9.94. The van der Waals surface area contributed by atoms with Gasteiger partial charge in [0.15, 0.2) is 11.3 Å². The van der Waals surface area contributed by atoms with E-state index in [9.17, 15) is 14.4 Å². The second-order valence-electron chi connectivity index (χ2n) is 6.93. The first-order chi connectivity index (χ1) is 13.9. The molecule has 0 bridgehead atoms. The van der Waals surface area contributed by atoms with Gasteiger partial charge in [-0.25, -0.2) is 14.6 Å². The quantitative estimate of drug-likeness (QED) is 0.573. The van der Waals surface area contributed by atoms with Crippen LogP contribution in [0.25, 0.3) is 11.7 Å². The molecule has 3 amide bonds. The van der Waals surface area contributed by atoms with Crippen LogP contribution in [0.15, 0.2) is 30.5 Å². The number of hydrogen-bond donors (Lipinski definition) is 2. The summed E-state index contributed by atoms with van der Waals surface area (Å²) in [5.41, 5.74) is 1.16. The van der Waals surface area contributed by atoms with Crippen LogP contribution in [0.3, 0.4) is 0 Å². The summed E-state index contributed by atoms with van der Waals surface area (Å²) in [6, 6.07) is 4.92. The Kier molecular flexibility index (Phi) is 6.87. The van der Waals surface area contributed by atoms with Gasteiger partial charge in [0.1, 0.15) is 5.65 Å². The average Bonchev–Trinajstić information content (AvgIpc) is 3.02. The van der Waals surface area contributed by atoms with Crippen molar-refractivity contribution in [2.75, 3.05) is 0 Å². The van der Waals surface area contributed by atoms with Crippen LogP contribution >= 0.6 is 11.6 Å². The monoisotopic (exact) mass is 418 g/mol. The van der Waals surface area contributed by atoms with Gasteiger partial charge in [0.05, 0.1) is 5.69 Å². The van der Waals surface area contributed by atoms with E-state index >= 15 is 0 Å². The first-order valence-electron chi connectivity index (χ1n) is 9.56.